The van der Waals surface area contributed by atoms with Gasteiger partial charge in [0.15, 0.2) is 0 Å². The topological polar surface area (TPSA) is 52.6 Å². The van der Waals surface area contributed by atoms with Crippen molar-refractivity contribution in [1.29, 1.82) is 0 Å². The van der Waals surface area contributed by atoms with Crippen molar-refractivity contribution in [2.75, 3.05) is 5.33 Å². The molecule has 0 saturated carbocycles. The molecule has 0 aliphatic carbocycles. The first-order valence-electron chi connectivity index (χ1n) is 3.57. The zero-order chi connectivity index (χ0) is 10.4. The van der Waals surface area contributed by atoms with Crippen molar-refractivity contribution in [3.8, 4) is 0 Å². The Morgan fingerprint density at radius 2 is 1.85 bits per heavy atom. The largest absolute Gasteiger partial charge is 0.425 e. The van der Waals surface area contributed by atoms with Crippen molar-refractivity contribution in [2.45, 2.75) is 25.0 Å². The molecule has 0 spiro atoms. The number of esters is 2. The summed E-state index contributed by atoms with van der Waals surface area (Å²) in [5.74, 6) is -0.933. The number of halogens is 2. The maximum Gasteiger partial charge on any atom is 0.322 e. The fourth-order valence-electron chi connectivity index (χ4n) is 0.498. The zero-order valence-electron chi connectivity index (χ0n) is 7.25. The zero-order valence-corrected chi connectivity index (χ0v) is 10.4. The van der Waals surface area contributed by atoms with Crippen LogP contribution >= 0.6 is 31.9 Å². The van der Waals surface area contributed by atoms with Crippen LogP contribution < -0.4 is 0 Å². The molecule has 2 atom stereocenters. The highest BCUT2D eigenvalue weighted by Crippen LogP contribution is 2.04. The van der Waals surface area contributed by atoms with E-state index in [0.717, 1.165) is 0 Å². The van der Waals surface area contributed by atoms with Gasteiger partial charge in [0, 0.05) is 6.92 Å². The highest BCUT2D eigenvalue weighted by Gasteiger charge is 2.16. The normalized spacial score (nSPS) is 14.5. The second-order valence-corrected chi connectivity index (χ2v) is 4.18. The standard InChI is InChI=1S/C7H10Br2O4/c1-4(9)7(11)13-5(2)12-6(10)3-8/h4-5H,3H2,1-2H3. The van der Waals surface area contributed by atoms with E-state index in [1.807, 2.05) is 0 Å². The first-order valence-corrected chi connectivity index (χ1v) is 5.61. The van der Waals surface area contributed by atoms with Crippen LogP contribution in [0.5, 0.6) is 0 Å². The fourth-order valence-corrected chi connectivity index (χ4v) is 0.738. The molecule has 4 nitrogen and oxygen atoms in total. The van der Waals surface area contributed by atoms with E-state index in [2.05, 4.69) is 36.6 Å². The molecule has 0 aliphatic rings. The van der Waals surface area contributed by atoms with Crippen molar-refractivity contribution in [2.24, 2.45) is 0 Å². The third-order valence-corrected chi connectivity index (χ3v) is 1.85. The van der Waals surface area contributed by atoms with Crippen molar-refractivity contribution < 1.29 is 19.1 Å². The van der Waals surface area contributed by atoms with Gasteiger partial charge >= 0.3 is 11.9 Å². The van der Waals surface area contributed by atoms with E-state index in [4.69, 9.17) is 4.74 Å². The minimum absolute atomic E-state index is 0.0821. The van der Waals surface area contributed by atoms with Gasteiger partial charge < -0.3 is 9.47 Å². The minimum atomic E-state index is -0.849. The Balaban J connectivity index is 3.80. The Morgan fingerprint density at radius 1 is 1.31 bits per heavy atom. The number of alkyl halides is 2. The monoisotopic (exact) mass is 316 g/mol. The lowest BCUT2D eigenvalue weighted by Crippen LogP contribution is -2.25. The van der Waals surface area contributed by atoms with Gasteiger partial charge in [-0.05, 0) is 6.92 Å². The summed E-state index contributed by atoms with van der Waals surface area (Å²) in [7, 11) is 0. The van der Waals surface area contributed by atoms with Crippen LogP contribution in [0.15, 0.2) is 0 Å². The lowest BCUT2D eigenvalue weighted by molar-refractivity contribution is -0.181. The van der Waals surface area contributed by atoms with E-state index < -0.39 is 23.1 Å². The first-order chi connectivity index (χ1) is 5.97. The lowest BCUT2D eigenvalue weighted by atomic mass is 10.5. The lowest BCUT2D eigenvalue weighted by Gasteiger charge is -2.13. The molecule has 0 aromatic rings. The Bertz CT molecular complexity index is 193. The van der Waals surface area contributed by atoms with E-state index in [-0.39, 0.29) is 5.33 Å². The Hall–Kier alpha value is -0.100. The maximum absolute atomic E-state index is 11.0. The van der Waals surface area contributed by atoms with Crippen LogP contribution in [0.25, 0.3) is 0 Å². The summed E-state index contributed by atoms with van der Waals surface area (Å²) in [6.07, 6.45) is -0.849. The quantitative estimate of drug-likeness (QED) is 0.449. The van der Waals surface area contributed by atoms with E-state index in [1.165, 1.54) is 6.92 Å². The molecule has 0 fully saturated rings. The average molecular weight is 318 g/mol. The van der Waals surface area contributed by atoms with Gasteiger partial charge in [-0.25, -0.2) is 0 Å². The average Bonchev–Trinajstić information content (AvgIpc) is 2.03. The summed E-state index contributed by atoms with van der Waals surface area (Å²) in [5.41, 5.74) is 0. The van der Waals surface area contributed by atoms with Crippen LogP contribution in [0.2, 0.25) is 0 Å². The highest BCUT2D eigenvalue weighted by atomic mass is 79.9. The second kappa shape index (κ2) is 6.37. The van der Waals surface area contributed by atoms with Crippen LogP contribution in [0, 0.1) is 0 Å². The number of carbonyl (C=O) groups excluding carboxylic acids is 2. The van der Waals surface area contributed by atoms with Crippen molar-refractivity contribution in [1.82, 2.24) is 0 Å². The van der Waals surface area contributed by atoms with Gasteiger partial charge in [-0.15, -0.1) is 0 Å². The molecule has 0 saturated heterocycles. The molecular weight excluding hydrogens is 308 g/mol. The van der Waals surface area contributed by atoms with E-state index in [9.17, 15) is 9.59 Å². The van der Waals surface area contributed by atoms with Crippen LogP contribution in [-0.2, 0) is 19.1 Å². The molecule has 0 radical (unpaired) electrons. The maximum atomic E-state index is 11.0. The molecular formula is C7H10Br2O4. The van der Waals surface area contributed by atoms with Gasteiger partial charge in [-0.3, -0.25) is 9.59 Å². The summed E-state index contributed by atoms with van der Waals surface area (Å²) in [4.78, 5) is 21.2. The summed E-state index contributed by atoms with van der Waals surface area (Å²) >= 11 is 5.94. The number of carbonyl (C=O) groups is 2. The molecule has 76 valence electrons. The predicted molar refractivity (Wildman–Crippen MR) is 53.8 cm³/mol. The van der Waals surface area contributed by atoms with Crippen molar-refractivity contribution >= 4 is 43.8 Å². The molecule has 13 heavy (non-hydrogen) atoms. The molecule has 0 heterocycles. The third-order valence-electron chi connectivity index (χ3n) is 1.01. The molecule has 0 aromatic heterocycles. The summed E-state index contributed by atoms with van der Waals surface area (Å²) in [6, 6.07) is 0. The number of rotatable bonds is 4. The summed E-state index contributed by atoms with van der Waals surface area (Å²) in [6.45, 7) is 3.11. The van der Waals surface area contributed by atoms with Gasteiger partial charge in [0.2, 0.25) is 6.29 Å². The Kier molecular flexibility index (Phi) is 6.32. The van der Waals surface area contributed by atoms with Gasteiger partial charge in [-0.1, -0.05) is 31.9 Å². The van der Waals surface area contributed by atoms with E-state index >= 15 is 0 Å². The molecule has 0 rings (SSSR count). The molecule has 6 heteroatoms. The first kappa shape index (κ1) is 12.9. The fraction of sp³-hybridized carbons (Fsp3) is 0.714. The smallest absolute Gasteiger partial charge is 0.322 e. The summed E-state index contributed by atoms with van der Waals surface area (Å²) in [5, 5.41) is 0.0821. The van der Waals surface area contributed by atoms with Crippen molar-refractivity contribution in [3.05, 3.63) is 0 Å². The summed E-state index contributed by atoms with van der Waals surface area (Å²) < 4.78 is 9.41. The predicted octanol–water partition coefficient (Wildman–Crippen LogP) is 1.60. The van der Waals surface area contributed by atoms with Gasteiger partial charge in [-0.2, -0.15) is 0 Å². The third kappa shape index (κ3) is 6.04. The van der Waals surface area contributed by atoms with Gasteiger partial charge in [0.05, 0.1) is 0 Å². The van der Waals surface area contributed by atoms with Crippen LogP contribution in [0.3, 0.4) is 0 Å². The van der Waals surface area contributed by atoms with E-state index in [1.54, 1.807) is 6.92 Å². The number of ether oxygens (including phenoxy) is 2. The molecule has 0 N–H and O–H groups in total. The minimum Gasteiger partial charge on any atom is -0.425 e. The van der Waals surface area contributed by atoms with Crippen LogP contribution in [0.1, 0.15) is 13.8 Å². The Morgan fingerprint density at radius 3 is 2.23 bits per heavy atom. The molecule has 2 unspecified atom stereocenters. The molecule has 0 bridgehead atoms. The van der Waals surface area contributed by atoms with Crippen LogP contribution in [-0.4, -0.2) is 28.4 Å². The number of hydrogen-bond acceptors (Lipinski definition) is 4. The SMILES string of the molecule is CC(OC(=O)CBr)OC(=O)C(C)Br. The highest BCUT2D eigenvalue weighted by molar-refractivity contribution is 9.10. The van der Waals surface area contributed by atoms with Gasteiger partial charge in [0.1, 0.15) is 10.2 Å². The Labute approximate surface area is 93.2 Å². The number of hydrogen-bond donors (Lipinski definition) is 0. The van der Waals surface area contributed by atoms with E-state index in [0.29, 0.717) is 0 Å². The van der Waals surface area contributed by atoms with Crippen molar-refractivity contribution in [3.63, 3.8) is 0 Å². The molecule has 0 aromatic carbocycles. The molecule has 0 amide bonds. The van der Waals surface area contributed by atoms with Gasteiger partial charge in [0.25, 0.3) is 0 Å². The second-order valence-electron chi connectivity index (χ2n) is 2.24. The molecule has 0 aliphatic heterocycles. The van der Waals surface area contributed by atoms with Crippen LogP contribution in [0.4, 0.5) is 0 Å².